The fraction of sp³-hybridized carbons (Fsp3) is 0.200. The molecule has 4 aromatic rings. The summed E-state index contributed by atoms with van der Waals surface area (Å²) in [4.78, 5) is 5.13. The van der Waals surface area contributed by atoms with Gasteiger partial charge in [-0.15, -0.1) is 11.8 Å². The number of fused-ring (bicyclic) bond motifs is 2. The van der Waals surface area contributed by atoms with E-state index >= 15 is 0 Å². The highest BCUT2D eigenvalue weighted by Crippen LogP contribution is 2.41. The largest absolute Gasteiger partial charge is 0.507 e. The Hall–Kier alpha value is -2.80. The van der Waals surface area contributed by atoms with Crippen molar-refractivity contribution in [3.8, 4) is 5.75 Å². The van der Waals surface area contributed by atoms with Crippen LogP contribution in [0.1, 0.15) is 20.8 Å². The van der Waals surface area contributed by atoms with Crippen LogP contribution in [-0.2, 0) is 0 Å². The van der Waals surface area contributed by atoms with E-state index in [0.717, 1.165) is 21.5 Å². The van der Waals surface area contributed by atoms with Gasteiger partial charge in [-0.25, -0.2) is 4.39 Å². The molecule has 0 aliphatic rings. The molecule has 2 aromatic carbocycles. The summed E-state index contributed by atoms with van der Waals surface area (Å²) in [6.07, 6.45) is 1.66. The molecule has 0 radical (unpaired) electrons. The lowest BCUT2D eigenvalue weighted by Crippen LogP contribution is -2.06. The first-order valence-corrected chi connectivity index (χ1v) is 9.33. The number of nitrogens with one attached hydrogen (secondary N) is 2. The quantitative estimate of drug-likeness (QED) is 0.403. The average molecular weight is 382 g/mol. The van der Waals surface area contributed by atoms with Gasteiger partial charge in [-0.2, -0.15) is 5.10 Å². The van der Waals surface area contributed by atoms with Gasteiger partial charge in [-0.05, 0) is 30.3 Å². The molecule has 3 N–H and O–H groups in total. The van der Waals surface area contributed by atoms with Crippen LogP contribution in [-0.4, -0.2) is 25.0 Å². The van der Waals surface area contributed by atoms with E-state index < -0.39 is 0 Å². The van der Waals surface area contributed by atoms with Crippen molar-refractivity contribution in [1.82, 2.24) is 15.2 Å². The first-order chi connectivity index (χ1) is 12.8. The summed E-state index contributed by atoms with van der Waals surface area (Å²) in [5.74, 6) is 0.426. The molecule has 0 aliphatic heterocycles. The Bertz CT molecular complexity index is 1150. The van der Waals surface area contributed by atoms with Crippen molar-refractivity contribution in [2.75, 3.05) is 5.32 Å². The summed E-state index contributed by atoms with van der Waals surface area (Å²) in [6.45, 7) is 6.27. The standard InChI is InChI=1S/C20H19FN4OS/c1-20(2,3)27-18-9-12-14(6-7-22-16(12)10-17(18)26)23-19-13-8-11(21)4-5-15(13)24-25-19/h4-10,26H,1-3H3,(H2,22,23,24,25). The van der Waals surface area contributed by atoms with Gasteiger partial charge < -0.3 is 10.4 Å². The van der Waals surface area contributed by atoms with Crippen LogP contribution in [0.25, 0.3) is 21.8 Å². The predicted octanol–water partition coefficient (Wildman–Crippen LogP) is 5.59. The molecule has 2 aromatic heterocycles. The van der Waals surface area contributed by atoms with Crippen molar-refractivity contribution < 1.29 is 9.50 Å². The van der Waals surface area contributed by atoms with E-state index in [-0.39, 0.29) is 16.3 Å². The molecule has 27 heavy (non-hydrogen) atoms. The normalized spacial score (nSPS) is 12.0. The molecule has 0 atom stereocenters. The number of halogens is 1. The molecule has 0 fully saturated rings. The predicted molar refractivity (Wildman–Crippen MR) is 108 cm³/mol. The van der Waals surface area contributed by atoms with Crippen LogP contribution in [0.4, 0.5) is 15.9 Å². The molecule has 7 heteroatoms. The van der Waals surface area contributed by atoms with Gasteiger partial charge in [0.15, 0.2) is 5.82 Å². The minimum Gasteiger partial charge on any atom is -0.507 e. The first kappa shape index (κ1) is 17.6. The summed E-state index contributed by atoms with van der Waals surface area (Å²) in [7, 11) is 0. The SMILES string of the molecule is CC(C)(C)Sc1cc2c(Nc3n[nH]c4ccc(F)cc34)ccnc2cc1O. The number of H-pyrrole nitrogens is 1. The van der Waals surface area contributed by atoms with E-state index in [0.29, 0.717) is 16.7 Å². The number of nitrogens with zero attached hydrogens (tertiary/aromatic N) is 2. The zero-order chi connectivity index (χ0) is 19.2. The maximum atomic E-state index is 13.6. The molecule has 4 rings (SSSR count). The van der Waals surface area contributed by atoms with Crippen molar-refractivity contribution >= 4 is 45.1 Å². The summed E-state index contributed by atoms with van der Waals surface area (Å²) >= 11 is 1.59. The van der Waals surface area contributed by atoms with Crippen LogP contribution in [0.15, 0.2) is 47.5 Å². The minimum absolute atomic E-state index is 0.0448. The number of hydrogen-bond acceptors (Lipinski definition) is 5. The number of hydrogen-bond donors (Lipinski definition) is 3. The van der Waals surface area contributed by atoms with E-state index in [9.17, 15) is 9.50 Å². The van der Waals surface area contributed by atoms with Gasteiger partial charge in [0.1, 0.15) is 11.6 Å². The van der Waals surface area contributed by atoms with E-state index in [4.69, 9.17) is 0 Å². The highest BCUT2D eigenvalue weighted by Gasteiger charge is 2.17. The zero-order valence-electron chi connectivity index (χ0n) is 15.2. The van der Waals surface area contributed by atoms with Crippen molar-refractivity contribution in [2.45, 2.75) is 30.4 Å². The average Bonchev–Trinajstić information content (AvgIpc) is 2.97. The van der Waals surface area contributed by atoms with Crippen LogP contribution in [0.5, 0.6) is 5.75 Å². The number of rotatable bonds is 3. The van der Waals surface area contributed by atoms with E-state index in [2.05, 4.69) is 41.3 Å². The zero-order valence-corrected chi connectivity index (χ0v) is 16.0. The number of benzene rings is 2. The Balaban J connectivity index is 1.81. The number of aromatic hydroxyl groups is 1. The molecule has 0 amide bonds. The van der Waals surface area contributed by atoms with Crippen molar-refractivity contribution in [3.63, 3.8) is 0 Å². The number of thioether (sulfide) groups is 1. The summed E-state index contributed by atoms with van der Waals surface area (Å²) in [6, 6.07) is 9.92. The second kappa shape index (κ2) is 6.42. The molecule has 0 saturated carbocycles. The monoisotopic (exact) mass is 382 g/mol. The summed E-state index contributed by atoms with van der Waals surface area (Å²) < 4.78 is 13.6. The van der Waals surface area contributed by atoms with E-state index in [1.54, 1.807) is 30.1 Å². The molecular weight excluding hydrogens is 363 g/mol. The van der Waals surface area contributed by atoms with Gasteiger partial charge >= 0.3 is 0 Å². The fourth-order valence-corrected chi connectivity index (χ4v) is 3.89. The Kier molecular flexibility index (Phi) is 4.19. The third-order valence-corrected chi connectivity index (χ3v) is 5.18. The van der Waals surface area contributed by atoms with Gasteiger partial charge in [-0.3, -0.25) is 10.1 Å². The first-order valence-electron chi connectivity index (χ1n) is 8.51. The smallest absolute Gasteiger partial charge is 0.160 e. The van der Waals surface area contributed by atoms with Crippen molar-refractivity contribution in [1.29, 1.82) is 0 Å². The second-order valence-corrected chi connectivity index (χ2v) is 9.17. The van der Waals surface area contributed by atoms with Gasteiger partial charge in [0, 0.05) is 27.8 Å². The fourth-order valence-electron chi connectivity index (χ4n) is 2.89. The van der Waals surface area contributed by atoms with Gasteiger partial charge in [-0.1, -0.05) is 20.8 Å². The maximum Gasteiger partial charge on any atom is 0.160 e. The molecule has 138 valence electrons. The van der Waals surface area contributed by atoms with Crippen molar-refractivity contribution in [3.05, 3.63) is 48.4 Å². The summed E-state index contributed by atoms with van der Waals surface area (Å²) in [5, 5.41) is 22.3. The molecule has 2 heterocycles. The molecule has 0 bridgehead atoms. The number of anilines is 2. The number of phenols is 1. The third-order valence-electron chi connectivity index (χ3n) is 4.02. The highest BCUT2D eigenvalue weighted by molar-refractivity contribution is 8.00. The Morgan fingerprint density at radius 3 is 2.70 bits per heavy atom. The minimum atomic E-state index is -0.319. The van der Waals surface area contributed by atoms with Gasteiger partial charge in [0.2, 0.25) is 0 Å². The van der Waals surface area contributed by atoms with Crippen LogP contribution in [0, 0.1) is 5.82 Å². The number of aromatic nitrogens is 3. The molecule has 0 unspecified atom stereocenters. The lowest BCUT2D eigenvalue weighted by atomic mass is 10.1. The third kappa shape index (κ3) is 3.55. The maximum absolute atomic E-state index is 13.6. The topological polar surface area (TPSA) is 73.8 Å². The molecule has 5 nitrogen and oxygen atoms in total. The Labute approximate surface area is 160 Å². The second-order valence-electron chi connectivity index (χ2n) is 7.30. The van der Waals surface area contributed by atoms with Crippen LogP contribution in [0.3, 0.4) is 0 Å². The molecule has 0 aliphatic carbocycles. The van der Waals surface area contributed by atoms with Gasteiger partial charge in [0.25, 0.3) is 0 Å². The van der Waals surface area contributed by atoms with Crippen molar-refractivity contribution in [2.24, 2.45) is 0 Å². The number of pyridine rings is 1. The van der Waals surface area contributed by atoms with Crippen LogP contribution >= 0.6 is 11.8 Å². The van der Waals surface area contributed by atoms with E-state index in [1.165, 1.54) is 12.1 Å². The number of aromatic amines is 1. The van der Waals surface area contributed by atoms with Crippen LogP contribution in [0.2, 0.25) is 0 Å². The lowest BCUT2D eigenvalue weighted by molar-refractivity contribution is 0.463. The highest BCUT2D eigenvalue weighted by atomic mass is 32.2. The summed E-state index contributed by atoms with van der Waals surface area (Å²) in [5.41, 5.74) is 2.20. The number of phenolic OH excluding ortho intramolecular Hbond substituents is 1. The molecule has 0 spiro atoms. The van der Waals surface area contributed by atoms with Gasteiger partial charge in [0.05, 0.1) is 21.6 Å². The Morgan fingerprint density at radius 1 is 1.11 bits per heavy atom. The van der Waals surface area contributed by atoms with Crippen LogP contribution < -0.4 is 5.32 Å². The lowest BCUT2D eigenvalue weighted by Gasteiger charge is -2.19. The molecular formula is C20H19FN4OS. The van der Waals surface area contributed by atoms with E-state index in [1.807, 2.05) is 12.1 Å². The molecule has 0 saturated heterocycles. The Morgan fingerprint density at radius 2 is 1.93 bits per heavy atom.